The third kappa shape index (κ3) is 4.40. The van der Waals surface area contributed by atoms with Crippen molar-refractivity contribution in [3.63, 3.8) is 0 Å². The van der Waals surface area contributed by atoms with E-state index in [0.29, 0.717) is 12.6 Å². The first-order valence-corrected chi connectivity index (χ1v) is 5.69. The molecular formula is C11H23NO2. The molecule has 3 heteroatoms. The molecule has 1 aliphatic heterocycles. The van der Waals surface area contributed by atoms with Crippen molar-refractivity contribution in [2.24, 2.45) is 0 Å². The summed E-state index contributed by atoms with van der Waals surface area (Å²) in [7, 11) is 0. The zero-order valence-electron chi connectivity index (χ0n) is 9.38. The van der Waals surface area contributed by atoms with Crippen LogP contribution in [0.4, 0.5) is 0 Å². The first kappa shape index (κ1) is 12.0. The number of nitrogens with one attached hydrogen (secondary N) is 1. The Morgan fingerprint density at radius 1 is 1.50 bits per heavy atom. The smallest absolute Gasteiger partial charge is 0.0741 e. The van der Waals surface area contributed by atoms with Crippen LogP contribution in [0.5, 0.6) is 0 Å². The highest BCUT2D eigenvalue weighted by molar-refractivity contribution is 4.75. The van der Waals surface area contributed by atoms with Crippen LogP contribution < -0.4 is 5.32 Å². The lowest BCUT2D eigenvalue weighted by atomic mass is 10.0. The van der Waals surface area contributed by atoms with Gasteiger partial charge in [-0.25, -0.2) is 0 Å². The summed E-state index contributed by atoms with van der Waals surface area (Å²) >= 11 is 0. The highest BCUT2D eigenvalue weighted by atomic mass is 16.5. The molecule has 1 saturated heterocycles. The molecule has 0 amide bonds. The second-order valence-electron chi connectivity index (χ2n) is 4.47. The molecule has 1 fully saturated rings. The number of ether oxygens (including phenoxy) is 1. The Balaban J connectivity index is 2.08. The first-order chi connectivity index (χ1) is 6.64. The van der Waals surface area contributed by atoms with E-state index in [1.165, 1.54) is 12.8 Å². The average Bonchev–Trinajstić information content (AvgIpc) is 2.19. The predicted octanol–water partition coefficient (Wildman–Crippen LogP) is 1.31. The van der Waals surface area contributed by atoms with E-state index >= 15 is 0 Å². The molecule has 2 unspecified atom stereocenters. The minimum Gasteiger partial charge on any atom is -0.389 e. The molecule has 2 N–H and O–H groups in total. The Labute approximate surface area is 86.8 Å². The lowest BCUT2D eigenvalue weighted by molar-refractivity contribution is 0.00867. The lowest BCUT2D eigenvalue weighted by Gasteiger charge is -2.26. The maximum Gasteiger partial charge on any atom is 0.0741 e. The summed E-state index contributed by atoms with van der Waals surface area (Å²) in [6.45, 7) is 6.29. The van der Waals surface area contributed by atoms with Crippen LogP contribution in [0.25, 0.3) is 0 Å². The van der Waals surface area contributed by atoms with Gasteiger partial charge in [0, 0.05) is 19.7 Å². The van der Waals surface area contributed by atoms with Crippen molar-refractivity contribution in [3.8, 4) is 0 Å². The molecular weight excluding hydrogens is 178 g/mol. The van der Waals surface area contributed by atoms with Gasteiger partial charge in [-0.15, -0.1) is 0 Å². The highest BCUT2D eigenvalue weighted by Crippen LogP contribution is 2.12. The van der Waals surface area contributed by atoms with Gasteiger partial charge in [0.05, 0.1) is 11.7 Å². The van der Waals surface area contributed by atoms with Gasteiger partial charge in [-0.3, -0.25) is 0 Å². The summed E-state index contributed by atoms with van der Waals surface area (Å²) in [6.07, 6.45) is 4.77. The third-order valence-electron chi connectivity index (χ3n) is 2.91. The standard InChI is InChI=1S/C11H23NO2/c1-3-11(2,13)9-12-8-10-6-4-5-7-14-10/h10,12-13H,3-9H2,1-2H3. The Morgan fingerprint density at radius 2 is 2.29 bits per heavy atom. The highest BCUT2D eigenvalue weighted by Gasteiger charge is 2.18. The molecule has 1 heterocycles. The van der Waals surface area contributed by atoms with Crippen molar-refractivity contribution in [1.82, 2.24) is 5.32 Å². The summed E-state index contributed by atoms with van der Waals surface area (Å²) in [6, 6.07) is 0. The minimum absolute atomic E-state index is 0.358. The molecule has 0 saturated carbocycles. The molecule has 0 bridgehead atoms. The SMILES string of the molecule is CCC(C)(O)CNCC1CCCCO1. The molecule has 0 aliphatic carbocycles. The van der Waals surface area contributed by atoms with E-state index in [1.807, 2.05) is 13.8 Å². The van der Waals surface area contributed by atoms with Gasteiger partial charge < -0.3 is 15.2 Å². The molecule has 14 heavy (non-hydrogen) atoms. The van der Waals surface area contributed by atoms with Gasteiger partial charge in [-0.2, -0.15) is 0 Å². The van der Waals surface area contributed by atoms with Gasteiger partial charge in [-0.05, 0) is 32.6 Å². The van der Waals surface area contributed by atoms with Gasteiger partial charge in [0.2, 0.25) is 0 Å². The normalized spacial score (nSPS) is 27.2. The summed E-state index contributed by atoms with van der Waals surface area (Å²) in [5, 5.41) is 13.0. The molecule has 0 aromatic rings. The number of rotatable bonds is 5. The van der Waals surface area contributed by atoms with E-state index in [4.69, 9.17) is 4.74 Å². The molecule has 1 aliphatic rings. The van der Waals surface area contributed by atoms with E-state index in [2.05, 4.69) is 5.32 Å². The summed E-state index contributed by atoms with van der Waals surface area (Å²) < 4.78 is 5.58. The fourth-order valence-corrected chi connectivity index (χ4v) is 1.60. The van der Waals surface area contributed by atoms with Crippen molar-refractivity contribution < 1.29 is 9.84 Å². The molecule has 0 spiro atoms. The fourth-order valence-electron chi connectivity index (χ4n) is 1.60. The number of hydrogen-bond donors (Lipinski definition) is 2. The molecule has 3 nitrogen and oxygen atoms in total. The van der Waals surface area contributed by atoms with Gasteiger partial charge in [0.15, 0.2) is 0 Å². The van der Waals surface area contributed by atoms with Gasteiger partial charge >= 0.3 is 0 Å². The Hall–Kier alpha value is -0.120. The molecule has 84 valence electrons. The average molecular weight is 201 g/mol. The van der Waals surface area contributed by atoms with Crippen LogP contribution in [0.3, 0.4) is 0 Å². The molecule has 0 aromatic heterocycles. The zero-order chi connectivity index (χ0) is 10.4. The maximum absolute atomic E-state index is 9.75. The molecule has 0 aromatic carbocycles. The van der Waals surface area contributed by atoms with Crippen LogP contribution >= 0.6 is 0 Å². The third-order valence-corrected chi connectivity index (χ3v) is 2.91. The van der Waals surface area contributed by atoms with Crippen LogP contribution in [0.1, 0.15) is 39.5 Å². The second-order valence-corrected chi connectivity index (χ2v) is 4.47. The van der Waals surface area contributed by atoms with Crippen LogP contribution in [-0.2, 0) is 4.74 Å². The number of aliphatic hydroxyl groups is 1. The molecule has 2 atom stereocenters. The summed E-state index contributed by atoms with van der Waals surface area (Å²) in [5.74, 6) is 0. The monoisotopic (exact) mass is 201 g/mol. The first-order valence-electron chi connectivity index (χ1n) is 5.69. The van der Waals surface area contributed by atoms with Crippen LogP contribution in [0.2, 0.25) is 0 Å². The molecule has 1 rings (SSSR count). The summed E-state index contributed by atoms with van der Waals surface area (Å²) in [4.78, 5) is 0. The van der Waals surface area contributed by atoms with Crippen LogP contribution in [0.15, 0.2) is 0 Å². The predicted molar refractivity (Wildman–Crippen MR) is 57.4 cm³/mol. The van der Waals surface area contributed by atoms with Gasteiger partial charge in [0.25, 0.3) is 0 Å². The fraction of sp³-hybridized carbons (Fsp3) is 1.00. The minimum atomic E-state index is -0.575. The van der Waals surface area contributed by atoms with Crippen molar-refractivity contribution in [3.05, 3.63) is 0 Å². The van der Waals surface area contributed by atoms with Crippen molar-refractivity contribution >= 4 is 0 Å². The van der Waals surface area contributed by atoms with Crippen LogP contribution in [-0.4, -0.2) is 36.5 Å². The zero-order valence-corrected chi connectivity index (χ0v) is 9.38. The van der Waals surface area contributed by atoms with E-state index < -0.39 is 5.60 Å². The van der Waals surface area contributed by atoms with Crippen molar-refractivity contribution in [1.29, 1.82) is 0 Å². The van der Waals surface area contributed by atoms with Crippen LogP contribution in [0, 0.1) is 0 Å². The van der Waals surface area contributed by atoms with E-state index in [-0.39, 0.29) is 0 Å². The topological polar surface area (TPSA) is 41.5 Å². The van der Waals surface area contributed by atoms with E-state index in [1.54, 1.807) is 0 Å². The maximum atomic E-state index is 9.75. The summed E-state index contributed by atoms with van der Waals surface area (Å²) in [5.41, 5.74) is -0.575. The second kappa shape index (κ2) is 5.69. The largest absolute Gasteiger partial charge is 0.389 e. The van der Waals surface area contributed by atoms with E-state index in [0.717, 1.165) is 26.0 Å². The van der Waals surface area contributed by atoms with Gasteiger partial charge in [0.1, 0.15) is 0 Å². The van der Waals surface area contributed by atoms with Crippen molar-refractivity contribution in [2.75, 3.05) is 19.7 Å². The lowest BCUT2D eigenvalue weighted by Crippen LogP contribution is -2.41. The Bertz CT molecular complexity index is 153. The number of hydrogen-bond acceptors (Lipinski definition) is 3. The molecule has 0 radical (unpaired) electrons. The Morgan fingerprint density at radius 3 is 2.86 bits per heavy atom. The van der Waals surface area contributed by atoms with Crippen molar-refractivity contribution in [2.45, 2.75) is 51.2 Å². The quantitative estimate of drug-likeness (QED) is 0.704. The van der Waals surface area contributed by atoms with E-state index in [9.17, 15) is 5.11 Å². The Kier molecular flexibility index (Phi) is 4.85. The van der Waals surface area contributed by atoms with Gasteiger partial charge in [-0.1, -0.05) is 6.92 Å².